The van der Waals surface area contributed by atoms with Crippen LogP contribution in [0, 0.1) is 0 Å². The monoisotopic (exact) mass is 234 g/mol. The van der Waals surface area contributed by atoms with Crippen LogP contribution in [0.25, 0.3) is 0 Å². The summed E-state index contributed by atoms with van der Waals surface area (Å²) in [6.07, 6.45) is 1.40. The van der Waals surface area contributed by atoms with Crippen LogP contribution in [0.3, 0.4) is 0 Å². The Labute approximate surface area is 103 Å². The molecule has 0 spiro atoms. The number of hydrogen-bond acceptors (Lipinski definition) is 2. The van der Waals surface area contributed by atoms with Crippen LogP contribution in [-0.2, 0) is 11.2 Å². The zero-order chi connectivity index (χ0) is 11.7. The van der Waals surface area contributed by atoms with Crippen molar-refractivity contribution in [2.45, 2.75) is 12.5 Å². The lowest BCUT2D eigenvalue weighted by Gasteiger charge is -2.38. The van der Waals surface area contributed by atoms with E-state index < -0.39 is 0 Å². The number of rotatable bonds is 2. The molecule has 1 atom stereocenters. The van der Waals surface area contributed by atoms with Gasteiger partial charge >= 0.3 is 0 Å². The third-order valence-electron chi connectivity index (χ3n) is 3.91. The molecule has 0 N–H and O–H groups in total. The van der Waals surface area contributed by atoms with Crippen molar-refractivity contribution >= 4 is 0 Å². The second-order valence-corrected chi connectivity index (χ2v) is 5.41. The van der Waals surface area contributed by atoms with E-state index in [1.807, 2.05) is 6.07 Å². The maximum atomic E-state index is 6.02. The molecule has 0 aromatic heterocycles. The number of para-hydroxylation sites is 1. The molecule has 0 radical (unpaired) electrons. The lowest BCUT2D eigenvalue weighted by Crippen LogP contribution is -2.55. The van der Waals surface area contributed by atoms with E-state index >= 15 is 0 Å². The summed E-state index contributed by atoms with van der Waals surface area (Å²) in [5.74, 6) is 1.08. The molecule has 17 heavy (non-hydrogen) atoms. The second kappa shape index (κ2) is 4.31. The molecule has 0 bridgehead atoms. The second-order valence-electron chi connectivity index (χ2n) is 5.41. The van der Waals surface area contributed by atoms with Gasteiger partial charge in [-0.3, -0.25) is 0 Å². The maximum absolute atomic E-state index is 6.02. The van der Waals surface area contributed by atoms with E-state index in [1.54, 1.807) is 0 Å². The predicted molar refractivity (Wildman–Crippen MR) is 66.2 cm³/mol. The fourth-order valence-electron chi connectivity index (χ4n) is 2.81. The van der Waals surface area contributed by atoms with Crippen molar-refractivity contribution in [2.75, 3.05) is 39.9 Å². The molecule has 3 nitrogen and oxygen atoms in total. The minimum absolute atomic E-state index is 0.343. The predicted octanol–water partition coefficient (Wildman–Crippen LogP) is 1.47. The maximum Gasteiger partial charge on any atom is 0.151 e. The summed E-state index contributed by atoms with van der Waals surface area (Å²) in [4.78, 5) is 0. The summed E-state index contributed by atoms with van der Waals surface area (Å²) in [5.41, 5.74) is 1.36. The molecular weight excluding hydrogens is 214 g/mol. The van der Waals surface area contributed by atoms with Gasteiger partial charge in [-0.1, -0.05) is 18.2 Å². The van der Waals surface area contributed by atoms with Crippen molar-refractivity contribution < 1.29 is 14.0 Å². The third-order valence-corrected chi connectivity index (χ3v) is 3.91. The number of ether oxygens (including phenoxy) is 2. The first-order valence-corrected chi connectivity index (χ1v) is 6.41. The van der Waals surface area contributed by atoms with Gasteiger partial charge in [0.25, 0.3) is 0 Å². The van der Waals surface area contributed by atoms with E-state index in [0.29, 0.717) is 6.10 Å². The summed E-state index contributed by atoms with van der Waals surface area (Å²) < 4.78 is 12.5. The minimum atomic E-state index is 0.343. The largest absolute Gasteiger partial charge is 0.484 e. The van der Waals surface area contributed by atoms with Crippen molar-refractivity contribution in [3.63, 3.8) is 0 Å². The molecule has 1 saturated heterocycles. The summed E-state index contributed by atoms with van der Waals surface area (Å²) in [7, 11) is 2.31. The van der Waals surface area contributed by atoms with Gasteiger partial charge in [-0.15, -0.1) is 0 Å². The van der Waals surface area contributed by atoms with Crippen molar-refractivity contribution in [1.29, 1.82) is 0 Å². The zero-order valence-corrected chi connectivity index (χ0v) is 10.4. The van der Waals surface area contributed by atoms with Crippen LogP contribution in [0.4, 0.5) is 0 Å². The topological polar surface area (TPSA) is 18.5 Å². The van der Waals surface area contributed by atoms with E-state index in [2.05, 4.69) is 25.2 Å². The summed E-state index contributed by atoms with van der Waals surface area (Å²) in [6, 6.07) is 8.39. The highest BCUT2D eigenvalue weighted by Gasteiger charge is 2.33. The number of quaternary nitrogens is 1. The molecule has 0 aliphatic carbocycles. The van der Waals surface area contributed by atoms with Gasteiger partial charge in [0.1, 0.15) is 25.4 Å². The fourth-order valence-corrected chi connectivity index (χ4v) is 2.81. The summed E-state index contributed by atoms with van der Waals surface area (Å²) in [6.45, 7) is 5.08. The Morgan fingerprint density at radius 2 is 2.00 bits per heavy atom. The Hall–Kier alpha value is -1.06. The SMILES string of the molecule is C[N+]1(C[C@@H]2Cc3ccccc3O2)CCOCC1. The van der Waals surface area contributed by atoms with Gasteiger partial charge in [0.15, 0.2) is 6.10 Å². The highest BCUT2D eigenvalue weighted by molar-refractivity contribution is 5.37. The van der Waals surface area contributed by atoms with Gasteiger partial charge in [-0.2, -0.15) is 0 Å². The van der Waals surface area contributed by atoms with Gasteiger partial charge in [-0.05, 0) is 11.6 Å². The quantitative estimate of drug-likeness (QED) is 0.721. The zero-order valence-electron chi connectivity index (χ0n) is 10.4. The fraction of sp³-hybridized carbons (Fsp3) is 0.571. The van der Waals surface area contributed by atoms with Gasteiger partial charge in [0.2, 0.25) is 0 Å². The lowest BCUT2D eigenvalue weighted by molar-refractivity contribution is -0.919. The van der Waals surface area contributed by atoms with E-state index in [4.69, 9.17) is 9.47 Å². The van der Waals surface area contributed by atoms with Gasteiger partial charge < -0.3 is 14.0 Å². The number of benzene rings is 1. The Bertz CT molecular complexity index is 374. The van der Waals surface area contributed by atoms with E-state index in [-0.39, 0.29) is 0 Å². The molecule has 2 aliphatic heterocycles. The minimum Gasteiger partial charge on any atom is -0.484 e. The molecule has 3 heteroatoms. The molecule has 1 aromatic carbocycles. The molecule has 3 rings (SSSR count). The van der Waals surface area contributed by atoms with E-state index in [0.717, 1.165) is 49.5 Å². The van der Waals surface area contributed by atoms with Crippen molar-refractivity contribution in [3.8, 4) is 5.75 Å². The first kappa shape index (κ1) is 11.1. The number of likely N-dealkylation sites (N-methyl/N-ethyl adjacent to an activating group) is 1. The number of morpholine rings is 1. The average Bonchev–Trinajstić information content (AvgIpc) is 2.71. The Kier molecular flexibility index (Phi) is 2.81. The first-order chi connectivity index (χ1) is 8.25. The van der Waals surface area contributed by atoms with Crippen molar-refractivity contribution in [1.82, 2.24) is 0 Å². The van der Waals surface area contributed by atoms with Gasteiger partial charge in [0.05, 0.1) is 20.3 Å². The Morgan fingerprint density at radius 3 is 2.76 bits per heavy atom. The number of nitrogens with zero attached hydrogens (tertiary/aromatic N) is 1. The van der Waals surface area contributed by atoms with Crippen molar-refractivity contribution in [3.05, 3.63) is 29.8 Å². The van der Waals surface area contributed by atoms with Crippen LogP contribution < -0.4 is 4.74 Å². The molecule has 2 aliphatic rings. The van der Waals surface area contributed by atoms with E-state index in [9.17, 15) is 0 Å². The molecular formula is C14H20NO2+. The Morgan fingerprint density at radius 1 is 1.24 bits per heavy atom. The highest BCUT2D eigenvalue weighted by Crippen LogP contribution is 2.29. The van der Waals surface area contributed by atoms with Crippen LogP contribution in [-0.4, -0.2) is 50.5 Å². The first-order valence-electron chi connectivity index (χ1n) is 6.41. The smallest absolute Gasteiger partial charge is 0.151 e. The molecule has 2 heterocycles. The van der Waals surface area contributed by atoms with E-state index in [1.165, 1.54) is 5.56 Å². The molecule has 0 saturated carbocycles. The summed E-state index contributed by atoms with van der Waals surface area (Å²) in [5, 5.41) is 0. The van der Waals surface area contributed by atoms with Crippen LogP contribution in [0.2, 0.25) is 0 Å². The van der Waals surface area contributed by atoms with Gasteiger partial charge in [-0.25, -0.2) is 0 Å². The lowest BCUT2D eigenvalue weighted by atomic mass is 10.1. The van der Waals surface area contributed by atoms with Crippen molar-refractivity contribution in [2.24, 2.45) is 0 Å². The average molecular weight is 234 g/mol. The van der Waals surface area contributed by atoms with Crippen LogP contribution in [0.1, 0.15) is 5.56 Å². The Balaban J connectivity index is 1.65. The summed E-state index contributed by atoms with van der Waals surface area (Å²) >= 11 is 0. The van der Waals surface area contributed by atoms with Crippen LogP contribution in [0.5, 0.6) is 5.75 Å². The molecule has 92 valence electrons. The molecule has 0 amide bonds. The normalized spacial score (nSPS) is 26.3. The highest BCUT2D eigenvalue weighted by atomic mass is 16.5. The van der Waals surface area contributed by atoms with Crippen LogP contribution >= 0.6 is 0 Å². The number of fused-ring (bicyclic) bond motifs is 1. The molecule has 1 fully saturated rings. The standard InChI is InChI=1S/C14H20NO2/c1-15(6-8-16-9-7-15)11-13-10-12-4-2-3-5-14(12)17-13/h2-5,13H,6-11H2,1H3/q+1/t13-/m0/s1. The number of hydrogen-bond donors (Lipinski definition) is 0. The molecule has 1 aromatic rings. The van der Waals surface area contributed by atoms with Crippen LogP contribution in [0.15, 0.2) is 24.3 Å². The third kappa shape index (κ3) is 2.31. The van der Waals surface area contributed by atoms with Gasteiger partial charge in [0, 0.05) is 6.42 Å². The molecule has 0 unspecified atom stereocenters.